The normalized spacial score (nSPS) is 22.5. The van der Waals surface area contributed by atoms with E-state index in [0.29, 0.717) is 18.4 Å². The summed E-state index contributed by atoms with van der Waals surface area (Å²) in [7, 11) is 0. The topological polar surface area (TPSA) is 59.0 Å². The maximum absolute atomic E-state index is 12.7. The summed E-state index contributed by atoms with van der Waals surface area (Å²) in [5.41, 5.74) is 1.09. The van der Waals surface area contributed by atoms with Gasteiger partial charge in [0, 0.05) is 6.04 Å². The Hall–Kier alpha value is -2.43. The molecule has 0 N–H and O–H groups in total. The number of carbonyl (C=O) groups is 2. The minimum atomic E-state index is -0.550. The molecule has 1 aliphatic carbocycles. The van der Waals surface area contributed by atoms with Gasteiger partial charge in [0.1, 0.15) is 6.61 Å². The van der Waals surface area contributed by atoms with Crippen molar-refractivity contribution in [3.63, 3.8) is 0 Å². The van der Waals surface area contributed by atoms with Crippen LogP contribution in [-0.2, 0) is 16.0 Å². The van der Waals surface area contributed by atoms with Gasteiger partial charge in [-0.05, 0) is 55.4 Å². The zero-order valence-corrected chi connectivity index (χ0v) is 18.2. The molecule has 3 rings (SSSR count). The number of imide groups is 1. The fourth-order valence-corrected chi connectivity index (χ4v) is 4.09. The zero-order valence-electron chi connectivity index (χ0n) is 18.2. The number of aliphatic imine (C=N–C) groups is 1. The number of nitrogens with zero attached hydrogens (tertiary/aromatic N) is 2. The second-order valence-corrected chi connectivity index (χ2v) is 8.68. The first-order valence-corrected chi connectivity index (χ1v) is 11.3. The van der Waals surface area contributed by atoms with Crippen molar-refractivity contribution in [3.8, 4) is 0 Å². The molecule has 2 amide bonds. The Morgan fingerprint density at radius 3 is 2.67 bits per heavy atom. The second-order valence-electron chi connectivity index (χ2n) is 8.68. The number of allylic oxidation sites excluding steroid dienone is 1. The Kier molecular flexibility index (Phi) is 8.23. The van der Waals surface area contributed by atoms with Crippen molar-refractivity contribution in [1.29, 1.82) is 0 Å². The van der Waals surface area contributed by atoms with Crippen LogP contribution in [0.4, 0.5) is 4.79 Å². The molecule has 1 aliphatic heterocycles. The quantitative estimate of drug-likeness (QED) is 0.437. The van der Waals surface area contributed by atoms with Crippen LogP contribution >= 0.6 is 0 Å². The molecule has 1 aromatic carbocycles. The van der Waals surface area contributed by atoms with Gasteiger partial charge in [-0.2, -0.15) is 0 Å². The molecule has 5 heteroatoms. The Bertz CT molecular complexity index is 753. The van der Waals surface area contributed by atoms with Gasteiger partial charge in [-0.3, -0.25) is 9.79 Å². The van der Waals surface area contributed by atoms with Gasteiger partial charge >= 0.3 is 6.09 Å². The van der Waals surface area contributed by atoms with E-state index in [1.165, 1.54) is 43.1 Å². The van der Waals surface area contributed by atoms with Crippen molar-refractivity contribution >= 4 is 18.2 Å². The first kappa shape index (κ1) is 22.3. The first-order valence-electron chi connectivity index (χ1n) is 11.3. The standard InChI is InChI=1S/C25H34N2O3/c1-19(20(2)15-16-26-22-11-7-4-8-12-22)13-14-24(28)27-23(18-30-25(27)29)17-21-9-5-3-6-10-21/h3,5-6,9-10,13-14,16,19-20,22-23H,4,7-8,11-12,15,17-18H2,1-2H3/b14-13+,26-16?/t19-,20-,23+/m1/s1. The van der Waals surface area contributed by atoms with Crippen LogP contribution in [0.3, 0.4) is 0 Å². The summed E-state index contributed by atoms with van der Waals surface area (Å²) in [6.07, 6.45) is 12.8. The van der Waals surface area contributed by atoms with Crippen LogP contribution < -0.4 is 0 Å². The largest absolute Gasteiger partial charge is 0.447 e. The lowest BCUT2D eigenvalue weighted by Crippen LogP contribution is -2.39. The highest BCUT2D eigenvalue weighted by Gasteiger charge is 2.36. The number of rotatable bonds is 8. The third kappa shape index (κ3) is 6.28. The number of cyclic esters (lactones) is 1. The predicted molar refractivity (Wildman–Crippen MR) is 120 cm³/mol. The number of hydrogen-bond donors (Lipinski definition) is 0. The Morgan fingerprint density at radius 2 is 1.93 bits per heavy atom. The number of ether oxygens (including phenoxy) is 1. The van der Waals surface area contributed by atoms with Crippen LogP contribution in [0.2, 0.25) is 0 Å². The second kappa shape index (κ2) is 11.1. The van der Waals surface area contributed by atoms with Crippen molar-refractivity contribution in [1.82, 2.24) is 4.90 Å². The van der Waals surface area contributed by atoms with Crippen molar-refractivity contribution in [3.05, 3.63) is 48.0 Å². The molecular formula is C25H34N2O3. The van der Waals surface area contributed by atoms with Crippen molar-refractivity contribution in [2.75, 3.05) is 6.61 Å². The minimum Gasteiger partial charge on any atom is -0.447 e. The first-order chi connectivity index (χ1) is 14.5. The summed E-state index contributed by atoms with van der Waals surface area (Å²) in [4.78, 5) is 30.8. The monoisotopic (exact) mass is 410 g/mol. The van der Waals surface area contributed by atoms with Gasteiger partial charge in [0.15, 0.2) is 0 Å². The van der Waals surface area contributed by atoms with E-state index in [4.69, 9.17) is 9.73 Å². The van der Waals surface area contributed by atoms with Crippen LogP contribution in [0.15, 0.2) is 47.5 Å². The van der Waals surface area contributed by atoms with E-state index in [2.05, 4.69) is 20.1 Å². The van der Waals surface area contributed by atoms with E-state index in [0.717, 1.165) is 12.0 Å². The molecule has 0 aromatic heterocycles. The van der Waals surface area contributed by atoms with E-state index in [1.807, 2.05) is 36.4 Å². The zero-order chi connectivity index (χ0) is 21.3. The maximum atomic E-state index is 12.7. The van der Waals surface area contributed by atoms with Gasteiger partial charge in [-0.15, -0.1) is 0 Å². The van der Waals surface area contributed by atoms with Gasteiger partial charge < -0.3 is 4.74 Å². The predicted octanol–water partition coefficient (Wildman–Crippen LogP) is 5.20. The van der Waals surface area contributed by atoms with E-state index in [1.54, 1.807) is 0 Å². The molecule has 30 heavy (non-hydrogen) atoms. The summed E-state index contributed by atoms with van der Waals surface area (Å²) >= 11 is 0. The Labute approximate surface area is 180 Å². The van der Waals surface area contributed by atoms with Crippen LogP contribution in [0, 0.1) is 11.8 Å². The summed E-state index contributed by atoms with van der Waals surface area (Å²) in [5, 5.41) is 0. The Morgan fingerprint density at radius 1 is 1.20 bits per heavy atom. The molecule has 0 radical (unpaired) electrons. The van der Waals surface area contributed by atoms with Crippen molar-refractivity contribution in [2.24, 2.45) is 16.8 Å². The smallest absolute Gasteiger partial charge is 0.417 e. The average molecular weight is 411 g/mol. The van der Waals surface area contributed by atoms with Gasteiger partial charge in [0.2, 0.25) is 0 Å². The number of benzene rings is 1. The lowest BCUT2D eigenvalue weighted by Gasteiger charge is -2.19. The molecule has 1 saturated heterocycles. The molecule has 5 nitrogen and oxygen atoms in total. The highest BCUT2D eigenvalue weighted by atomic mass is 16.6. The molecule has 1 saturated carbocycles. The third-order valence-electron chi connectivity index (χ3n) is 6.32. The molecular weight excluding hydrogens is 376 g/mol. The molecule has 2 fully saturated rings. The fraction of sp³-hybridized carbons (Fsp3) is 0.560. The molecule has 3 atom stereocenters. The highest BCUT2D eigenvalue weighted by Crippen LogP contribution is 2.22. The highest BCUT2D eigenvalue weighted by molar-refractivity contribution is 5.99. The fourth-order valence-electron chi connectivity index (χ4n) is 4.09. The van der Waals surface area contributed by atoms with Crippen molar-refractivity contribution < 1.29 is 14.3 Å². The van der Waals surface area contributed by atoms with Gasteiger partial charge in [-0.25, -0.2) is 9.69 Å². The molecule has 1 heterocycles. The maximum Gasteiger partial charge on any atom is 0.417 e. The Balaban J connectivity index is 1.51. The van der Waals surface area contributed by atoms with E-state index < -0.39 is 6.09 Å². The molecule has 0 unspecified atom stereocenters. The van der Waals surface area contributed by atoms with E-state index in [-0.39, 0.29) is 24.5 Å². The summed E-state index contributed by atoms with van der Waals surface area (Å²) in [6.45, 7) is 4.53. The van der Waals surface area contributed by atoms with Crippen LogP contribution in [-0.4, -0.2) is 41.8 Å². The minimum absolute atomic E-state index is 0.220. The molecule has 0 spiro atoms. The number of carbonyl (C=O) groups excluding carboxylic acids is 2. The van der Waals surface area contributed by atoms with Crippen LogP contribution in [0.25, 0.3) is 0 Å². The summed E-state index contributed by atoms with van der Waals surface area (Å²) in [6, 6.07) is 10.1. The summed E-state index contributed by atoms with van der Waals surface area (Å²) < 4.78 is 5.15. The molecule has 2 aliphatic rings. The van der Waals surface area contributed by atoms with Crippen molar-refractivity contribution in [2.45, 2.75) is 70.9 Å². The number of amides is 2. The van der Waals surface area contributed by atoms with E-state index in [9.17, 15) is 9.59 Å². The third-order valence-corrected chi connectivity index (χ3v) is 6.32. The van der Waals surface area contributed by atoms with Gasteiger partial charge in [0.05, 0.1) is 6.04 Å². The molecule has 0 bridgehead atoms. The summed E-state index contributed by atoms with van der Waals surface area (Å²) in [5.74, 6) is 0.304. The average Bonchev–Trinajstić information content (AvgIpc) is 3.13. The van der Waals surface area contributed by atoms with Crippen LogP contribution in [0.5, 0.6) is 0 Å². The molecule has 162 valence electrons. The van der Waals surface area contributed by atoms with Crippen LogP contribution in [0.1, 0.15) is 57.9 Å². The lowest BCUT2D eigenvalue weighted by molar-refractivity contribution is -0.124. The van der Waals surface area contributed by atoms with Gasteiger partial charge in [-0.1, -0.05) is 69.5 Å². The number of hydrogen-bond acceptors (Lipinski definition) is 4. The molecule has 1 aromatic rings. The van der Waals surface area contributed by atoms with Gasteiger partial charge in [0.25, 0.3) is 5.91 Å². The SMILES string of the molecule is C[C@H](/C=C/C(=O)N1C(=O)OC[C@@H]1Cc1ccccc1)[C@H](C)CC=NC1CCCCC1. The van der Waals surface area contributed by atoms with E-state index >= 15 is 0 Å². The lowest BCUT2D eigenvalue weighted by atomic mass is 9.92.